The van der Waals surface area contributed by atoms with Crippen LogP contribution in [0.2, 0.25) is 0 Å². The highest BCUT2D eigenvalue weighted by Gasteiger charge is 2.12. The fourth-order valence-electron chi connectivity index (χ4n) is 0.764. The SMILES string of the molecule is CC(NC/C=C/Cl)C(=O)N(C)C. The molecule has 3 nitrogen and oxygen atoms in total. The van der Waals surface area contributed by atoms with Gasteiger partial charge in [0.05, 0.1) is 6.04 Å². The Kier molecular flexibility index (Phi) is 5.76. The highest BCUT2D eigenvalue weighted by Crippen LogP contribution is 1.88. The highest BCUT2D eigenvalue weighted by molar-refractivity contribution is 6.25. The monoisotopic (exact) mass is 190 g/mol. The minimum atomic E-state index is -0.159. The molecule has 1 atom stereocenters. The first-order chi connectivity index (χ1) is 5.59. The summed E-state index contributed by atoms with van der Waals surface area (Å²) in [5.74, 6) is 0.0676. The molecule has 0 aliphatic rings. The molecule has 0 aliphatic carbocycles. The van der Waals surface area contributed by atoms with Crippen molar-refractivity contribution >= 4 is 17.5 Å². The maximum atomic E-state index is 11.2. The van der Waals surface area contributed by atoms with Crippen LogP contribution in [0.3, 0.4) is 0 Å². The van der Waals surface area contributed by atoms with Gasteiger partial charge in [-0.3, -0.25) is 4.79 Å². The van der Waals surface area contributed by atoms with Gasteiger partial charge in [0.2, 0.25) is 5.91 Å². The van der Waals surface area contributed by atoms with Gasteiger partial charge in [-0.25, -0.2) is 0 Å². The van der Waals surface area contributed by atoms with Gasteiger partial charge in [0.15, 0.2) is 0 Å². The molecule has 1 unspecified atom stereocenters. The van der Waals surface area contributed by atoms with Crippen LogP contribution in [0.1, 0.15) is 6.92 Å². The fraction of sp³-hybridized carbons (Fsp3) is 0.625. The Morgan fingerprint density at radius 1 is 1.67 bits per heavy atom. The summed E-state index contributed by atoms with van der Waals surface area (Å²) < 4.78 is 0. The van der Waals surface area contributed by atoms with Crippen LogP contribution in [0.5, 0.6) is 0 Å². The van der Waals surface area contributed by atoms with Crippen LogP contribution in [0.25, 0.3) is 0 Å². The molecule has 0 spiro atoms. The van der Waals surface area contributed by atoms with Gasteiger partial charge in [0, 0.05) is 26.2 Å². The van der Waals surface area contributed by atoms with Gasteiger partial charge in [0.1, 0.15) is 0 Å². The number of nitrogens with one attached hydrogen (secondary N) is 1. The first kappa shape index (κ1) is 11.5. The first-order valence-electron chi connectivity index (χ1n) is 3.79. The highest BCUT2D eigenvalue weighted by atomic mass is 35.5. The van der Waals surface area contributed by atoms with Crippen LogP contribution in [-0.4, -0.2) is 37.5 Å². The number of hydrogen-bond acceptors (Lipinski definition) is 2. The molecule has 0 saturated heterocycles. The van der Waals surface area contributed by atoms with Crippen molar-refractivity contribution < 1.29 is 4.79 Å². The van der Waals surface area contributed by atoms with Crippen molar-refractivity contribution in [1.82, 2.24) is 10.2 Å². The van der Waals surface area contributed by atoms with Crippen molar-refractivity contribution in [1.29, 1.82) is 0 Å². The maximum Gasteiger partial charge on any atom is 0.238 e. The van der Waals surface area contributed by atoms with E-state index in [2.05, 4.69) is 5.32 Å². The second-order valence-electron chi connectivity index (χ2n) is 2.72. The minimum absolute atomic E-state index is 0.0676. The second-order valence-corrected chi connectivity index (χ2v) is 2.98. The molecule has 0 aromatic heterocycles. The molecule has 1 N–H and O–H groups in total. The average molecular weight is 191 g/mol. The Bertz CT molecular complexity index is 168. The molecule has 4 heteroatoms. The largest absolute Gasteiger partial charge is 0.347 e. The zero-order valence-corrected chi connectivity index (χ0v) is 8.43. The topological polar surface area (TPSA) is 32.3 Å². The number of carbonyl (C=O) groups is 1. The van der Waals surface area contributed by atoms with Crippen LogP contribution < -0.4 is 5.32 Å². The summed E-state index contributed by atoms with van der Waals surface area (Å²) in [6, 6.07) is -0.159. The molecule has 12 heavy (non-hydrogen) atoms. The molecule has 70 valence electrons. The van der Waals surface area contributed by atoms with Gasteiger partial charge in [0.25, 0.3) is 0 Å². The molecule has 0 aromatic carbocycles. The third-order valence-corrected chi connectivity index (χ3v) is 1.62. The Morgan fingerprint density at radius 3 is 2.67 bits per heavy atom. The van der Waals surface area contributed by atoms with Crippen LogP contribution in [0.15, 0.2) is 11.6 Å². The van der Waals surface area contributed by atoms with E-state index in [-0.39, 0.29) is 11.9 Å². The summed E-state index contributed by atoms with van der Waals surface area (Å²) in [7, 11) is 3.47. The molecule has 0 saturated carbocycles. The van der Waals surface area contributed by atoms with Crippen molar-refractivity contribution in [2.24, 2.45) is 0 Å². The number of nitrogens with zero attached hydrogens (tertiary/aromatic N) is 1. The van der Waals surface area contributed by atoms with E-state index >= 15 is 0 Å². The zero-order chi connectivity index (χ0) is 9.56. The van der Waals surface area contributed by atoms with E-state index in [1.165, 1.54) is 5.54 Å². The molecule has 0 bridgehead atoms. The lowest BCUT2D eigenvalue weighted by atomic mass is 10.3. The number of hydrogen-bond donors (Lipinski definition) is 1. The van der Waals surface area contributed by atoms with Gasteiger partial charge in [-0.15, -0.1) is 0 Å². The van der Waals surface area contributed by atoms with Gasteiger partial charge in [-0.2, -0.15) is 0 Å². The molecule has 0 heterocycles. The van der Waals surface area contributed by atoms with Gasteiger partial charge in [-0.05, 0) is 6.92 Å². The molecular formula is C8H15ClN2O. The summed E-state index contributed by atoms with van der Waals surface area (Å²) in [5, 5.41) is 3.00. The van der Waals surface area contributed by atoms with E-state index in [0.29, 0.717) is 6.54 Å². The lowest BCUT2D eigenvalue weighted by Crippen LogP contribution is -2.41. The van der Waals surface area contributed by atoms with Crippen molar-refractivity contribution in [2.45, 2.75) is 13.0 Å². The predicted octanol–water partition coefficient (Wildman–Crippen LogP) is 0.805. The Balaban J connectivity index is 3.71. The molecule has 0 radical (unpaired) electrons. The number of carbonyl (C=O) groups excluding carboxylic acids is 1. The third kappa shape index (κ3) is 4.36. The van der Waals surface area contributed by atoms with Crippen molar-refractivity contribution in [3.8, 4) is 0 Å². The fourth-order valence-corrected chi connectivity index (χ4v) is 0.853. The Morgan fingerprint density at radius 2 is 2.25 bits per heavy atom. The standard InChI is InChI=1S/C8H15ClN2O/c1-7(8(12)11(2)3)10-6-4-5-9/h4-5,7,10H,6H2,1-3H3/b5-4+. The van der Waals surface area contributed by atoms with E-state index in [1.807, 2.05) is 6.92 Å². The molecular weight excluding hydrogens is 176 g/mol. The maximum absolute atomic E-state index is 11.2. The minimum Gasteiger partial charge on any atom is -0.347 e. The molecule has 1 amide bonds. The van der Waals surface area contributed by atoms with E-state index in [9.17, 15) is 4.79 Å². The molecule has 0 rings (SSSR count). The quantitative estimate of drug-likeness (QED) is 0.712. The molecule has 0 aliphatic heterocycles. The van der Waals surface area contributed by atoms with Gasteiger partial charge >= 0.3 is 0 Å². The van der Waals surface area contributed by atoms with E-state index in [0.717, 1.165) is 0 Å². The number of rotatable bonds is 4. The molecule has 0 fully saturated rings. The predicted molar refractivity (Wildman–Crippen MR) is 51.2 cm³/mol. The lowest BCUT2D eigenvalue weighted by molar-refractivity contribution is -0.130. The van der Waals surface area contributed by atoms with Crippen molar-refractivity contribution in [3.63, 3.8) is 0 Å². The second kappa shape index (κ2) is 6.03. The van der Waals surface area contributed by atoms with Crippen LogP contribution in [0.4, 0.5) is 0 Å². The van der Waals surface area contributed by atoms with Crippen LogP contribution in [-0.2, 0) is 4.79 Å². The smallest absolute Gasteiger partial charge is 0.238 e. The zero-order valence-electron chi connectivity index (χ0n) is 7.67. The lowest BCUT2D eigenvalue weighted by Gasteiger charge is -2.16. The number of halogens is 1. The van der Waals surface area contributed by atoms with Gasteiger partial charge < -0.3 is 10.2 Å². The summed E-state index contributed by atoms with van der Waals surface area (Å²) >= 11 is 5.31. The average Bonchev–Trinajstić information content (AvgIpc) is 2.03. The van der Waals surface area contributed by atoms with E-state index in [1.54, 1.807) is 25.1 Å². The number of likely N-dealkylation sites (N-methyl/N-ethyl adjacent to an activating group) is 1. The molecule has 0 aromatic rings. The van der Waals surface area contributed by atoms with E-state index < -0.39 is 0 Å². The Labute approximate surface area is 78.4 Å². The summed E-state index contributed by atoms with van der Waals surface area (Å²) in [6.45, 7) is 2.44. The van der Waals surface area contributed by atoms with Crippen molar-refractivity contribution in [3.05, 3.63) is 11.6 Å². The van der Waals surface area contributed by atoms with Gasteiger partial charge in [-0.1, -0.05) is 17.7 Å². The van der Waals surface area contributed by atoms with E-state index in [4.69, 9.17) is 11.6 Å². The van der Waals surface area contributed by atoms with Crippen LogP contribution >= 0.6 is 11.6 Å². The van der Waals surface area contributed by atoms with Crippen molar-refractivity contribution in [2.75, 3.05) is 20.6 Å². The third-order valence-electron chi connectivity index (χ3n) is 1.44. The normalized spacial score (nSPS) is 13.3. The summed E-state index contributed by atoms with van der Waals surface area (Å²) in [6.07, 6.45) is 1.75. The number of amides is 1. The Hall–Kier alpha value is -0.540. The first-order valence-corrected chi connectivity index (χ1v) is 4.23. The summed E-state index contributed by atoms with van der Waals surface area (Å²) in [4.78, 5) is 12.8. The summed E-state index contributed by atoms with van der Waals surface area (Å²) in [5.41, 5.74) is 1.43. The van der Waals surface area contributed by atoms with Crippen LogP contribution in [0, 0.1) is 0 Å².